The number of nitrogens with one attached hydrogen (secondary N) is 4. The first kappa shape index (κ1) is 38.8. The third-order valence-corrected chi connectivity index (χ3v) is 10.7. The van der Waals surface area contributed by atoms with Gasteiger partial charge in [0.15, 0.2) is 23.3 Å². The predicted molar refractivity (Wildman–Crippen MR) is 189 cm³/mol. The molecule has 0 aliphatic heterocycles. The molecule has 0 aromatic heterocycles. The van der Waals surface area contributed by atoms with Crippen molar-refractivity contribution >= 4 is 82.3 Å². The van der Waals surface area contributed by atoms with E-state index >= 15 is 4.39 Å². The number of halogens is 6. The summed E-state index contributed by atoms with van der Waals surface area (Å²) in [6.07, 6.45) is 0. The normalized spacial score (nSPS) is 11.7. The van der Waals surface area contributed by atoms with E-state index < -0.39 is 105 Å². The number of aromatic carboxylic acids is 2. The Hall–Kier alpha value is -6.87. The Morgan fingerprint density at radius 3 is 1.68 bits per heavy atom. The molecule has 0 fully saturated rings. The zero-order valence-corrected chi connectivity index (χ0v) is 29.1. The summed E-state index contributed by atoms with van der Waals surface area (Å²) in [6, 6.07) is 12.9. The fraction of sp³-hybridized carbons (Fsp3) is 0. The van der Waals surface area contributed by atoms with Crippen LogP contribution in [0, 0.1) is 34.9 Å². The van der Waals surface area contributed by atoms with Crippen LogP contribution in [0.4, 0.5) is 53.9 Å². The highest BCUT2D eigenvalue weighted by Gasteiger charge is 2.27. The van der Waals surface area contributed by atoms with Crippen LogP contribution in [0.3, 0.4) is 0 Å². The number of anilines is 4. The van der Waals surface area contributed by atoms with E-state index in [2.05, 4.69) is 10.6 Å². The summed E-state index contributed by atoms with van der Waals surface area (Å²) < 4.78 is 142. The van der Waals surface area contributed by atoms with E-state index in [-0.39, 0.29) is 33.6 Å². The molecule has 0 spiro atoms. The van der Waals surface area contributed by atoms with Gasteiger partial charge in [-0.05, 0) is 82.9 Å². The topological polar surface area (TPSA) is 208 Å². The second-order valence-corrected chi connectivity index (χ2v) is 15.0. The van der Waals surface area contributed by atoms with Gasteiger partial charge in [-0.2, -0.15) is 0 Å². The summed E-state index contributed by atoms with van der Waals surface area (Å²) in [5.41, 5.74) is -5.06. The molecule has 2 amide bonds. The summed E-state index contributed by atoms with van der Waals surface area (Å²) in [7, 11) is -9.58. The highest BCUT2D eigenvalue weighted by molar-refractivity contribution is 7.93. The molecule has 0 saturated carbocycles. The Morgan fingerprint density at radius 1 is 0.482 bits per heavy atom. The van der Waals surface area contributed by atoms with Gasteiger partial charge in [0, 0.05) is 16.8 Å². The fourth-order valence-electron chi connectivity index (χ4n) is 5.34. The maximum absolute atomic E-state index is 15.2. The van der Waals surface area contributed by atoms with E-state index in [0.29, 0.717) is 17.5 Å². The van der Waals surface area contributed by atoms with Crippen LogP contribution in [-0.4, -0.2) is 45.0 Å². The van der Waals surface area contributed by atoms with Gasteiger partial charge in [-0.25, -0.2) is 57.6 Å². The van der Waals surface area contributed by atoms with E-state index in [1.807, 2.05) is 0 Å². The van der Waals surface area contributed by atoms with Crippen molar-refractivity contribution in [1.82, 2.24) is 0 Å². The molecule has 0 aliphatic carbocycles. The van der Waals surface area contributed by atoms with Crippen molar-refractivity contribution in [3.05, 3.63) is 131 Å². The molecule has 6 N–H and O–H groups in total. The number of urea groups is 1. The molecule has 0 aliphatic rings. The predicted octanol–water partition coefficient (Wildman–Crippen LogP) is 7.47. The quantitative estimate of drug-likeness (QED) is 0.0598. The van der Waals surface area contributed by atoms with Gasteiger partial charge in [0.2, 0.25) is 0 Å². The minimum atomic E-state index is -4.80. The summed E-state index contributed by atoms with van der Waals surface area (Å²) >= 11 is 0. The summed E-state index contributed by atoms with van der Waals surface area (Å²) in [4.78, 5) is 34.0. The van der Waals surface area contributed by atoms with Crippen molar-refractivity contribution in [2.75, 3.05) is 20.1 Å². The summed E-state index contributed by atoms with van der Waals surface area (Å²) in [5.74, 6) is -13.5. The molecule has 0 atom stereocenters. The molecule has 6 rings (SSSR count). The lowest BCUT2D eigenvalue weighted by atomic mass is 10.1. The monoisotopic (exact) mass is 818 g/mol. The number of rotatable bonds is 10. The molecule has 6 aromatic rings. The van der Waals surface area contributed by atoms with E-state index in [1.165, 1.54) is 35.1 Å². The van der Waals surface area contributed by atoms with E-state index in [9.17, 15) is 53.2 Å². The van der Waals surface area contributed by atoms with Gasteiger partial charge in [-0.1, -0.05) is 18.2 Å². The molecular formula is C35H20F6N4O9S2. The Kier molecular flexibility index (Phi) is 10.00. The van der Waals surface area contributed by atoms with Crippen molar-refractivity contribution in [2.24, 2.45) is 0 Å². The van der Waals surface area contributed by atoms with Crippen LogP contribution in [0.1, 0.15) is 20.7 Å². The van der Waals surface area contributed by atoms with E-state index in [4.69, 9.17) is 10.2 Å². The first-order chi connectivity index (χ1) is 26.2. The summed E-state index contributed by atoms with van der Waals surface area (Å²) in [6.45, 7) is 0. The molecule has 0 bridgehead atoms. The van der Waals surface area contributed by atoms with Crippen LogP contribution in [0.15, 0.2) is 94.7 Å². The zero-order chi connectivity index (χ0) is 40.9. The number of fused-ring (bicyclic) bond motifs is 2. The highest BCUT2D eigenvalue weighted by atomic mass is 32.2. The van der Waals surface area contributed by atoms with Gasteiger partial charge in [0.1, 0.15) is 28.6 Å². The van der Waals surface area contributed by atoms with Crippen LogP contribution < -0.4 is 20.1 Å². The molecule has 0 saturated heterocycles. The van der Waals surface area contributed by atoms with E-state index in [1.54, 1.807) is 4.72 Å². The largest absolute Gasteiger partial charge is 0.478 e. The first-order valence-corrected chi connectivity index (χ1v) is 18.2. The maximum Gasteiger partial charge on any atom is 0.338 e. The van der Waals surface area contributed by atoms with Crippen LogP contribution in [0.2, 0.25) is 0 Å². The van der Waals surface area contributed by atoms with Crippen molar-refractivity contribution in [1.29, 1.82) is 0 Å². The van der Waals surface area contributed by atoms with Gasteiger partial charge < -0.3 is 20.8 Å². The average Bonchev–Trinajstić information content (AvgIpc) is 3.12. The molecule has 56 heavy (non-hydrogen) atoms. The van der Waals surface area contributed by atoms with Crippen molar-refractivity contribution in [3.8, 4) is 0 Å². The van der Waals surface area contributed by atoms with Crippen molar-refractivity contribution in [3.63, 3.8) is 0 Å². The highest BCUT2D eigenvalue weighted by Crippen LogP contribution is 2.31. The van der Waals surface area contributed by atoms with Gasteiger partial charge >= 0.3 is 18.0 Å². The number of hydrogen-bond donors (Lipinski definition) is 6. The van der Waals surface area contributed by atoms with Crippen molar-refractivity contribution in [2.45, 2.75) is 9.79 Å². The lowest BCUT2D eigenvalue weighted by Gasteiger charge is -2.13. The number of hydrogen-bond acceptors (Lipinski definition) is 7. The number of amides is 2. The molecule has 13 nitrogen and oxygen atoms in total. The Morgan fingerprint density at radius 2 is 1.02 bits per heavy atom. The standard InChI is InChI=1S/C35H20F6N4O9S2/c36-25-8-7-22(33(46)47)28(39)31(25)44-56(53,54)21-6-3-17-10-19(12-26(37)23(17)13-21)43-35(50)42-18-4-1-16-11-20(5-2-15(16)9-18)55(51,52)45-32-29(40)24(34(48)49)14-27(38)30(32)41/h1-14,44-45H,(H,46,47)(H,48,49)(H2,42,43,50). The second kappa shape index (κ2) is 14.4. The Balaban J connectivity index is 1.17. The van der Waals surface area contributed by atoms with Gasteiger partial charge in [0.25, 0.3) is 20.0 Å². The van der Waals surface area contributed by atoms with Gasteiger partial charge in [-0.15, -0.1) is 0 Å². The number of carbonyl (C=O) groups excluding carboxylic acids is 1. The number of carboxylic acid groups (broad SMARTS) is 2. The third-order valence-electron chi connectivity index (χ3n) is 8.00. The smallest absolute Gasteiger partial charge is 0.338 e. The van der Waals surface area contributed by atoms with Gasteiger partial charge in [0.05, 0.1) is 15.4 Å². The summed E-state index contributed by atoms with van der Waals surface area (Å²) in [5, 5.41) is 23.4. The van der Waals surface area contributed by atoms with Crippen LogP contribution >= 0.6 is 0 Å². The molecule has 0 radical (unpaired) electrons. The number of benzene rings is 6. The average molecular weight is 819 g/mol. The van der Waals surface area contributed by atoms with E-state index in [0.717, 1.165) is 36.4 Å². The van der Waals surface area contributed by atoms with Crippen molar-refractivity contribution < 1.29 is 67.8 Å². The molecule has 6 aromatic carbocycles. The maximum atomic E-state index is 15.2. The SMILES string of the molecule is O=C(Nc1ccc2cc(S(=O)(=O)Nc3c(F)c(F)cc(C(=O)O)c3F)ccc2c1)Nc1cc(F)c2cc(S(=O)(=O)Nc3c(F)ccc(C(=O)O)c3F)ccc2c1. The number of carbonyl (C=O) groups is 3. The minimum Gasteiger partial charge on any atom is -0.478 e. The fourth-order valence-corrected chi connectivity index (χ4v) is 7.53. The van der Waals surface area contributed by atoms with Gasteiger partial charge in [-0.3, -0.25) is 9.44 Å². The third kappa shape index (κ3) is 7.57. The van der Waals surface area contributed by atoms with Crippen LogP contribution in [0.5, 0.6) is 0 Å². The number of sulfonamides is 2. The second-order valence-electron chi connectivity index (χ2n) is 11.7. The molecule has 21 heteroatoms. The van der Waals surface area contributed by atoms with Crippen LogP contribution in [0.25, 0.3) is 21.5 Å². The number of carboxylic acids is 2. The van der Waals surface area contributed by atoms with Crippen LogP contribution in [-0.2, 0) is 20.0 Å². The molecule has 0 heterocycles. The molecule has 0 unspecified atom stereocenters. The molecule has 288 valence electrons. The lowest BCUT2D eigenvalue weighted by Crippen LogP contribution is -2.19. The first-order valence-electron chi connectivity index (χ1n) is 15.3. The minimum absolute atomic E-state index is 0.0605. The lowest BCUT2D eigenvalue weighted by molar-refractivity contribution is 0.0680. The molecular weight excluding hydrogens is 799 g/mol. The Bertz CT molecular complexity index is 2910. The zero-order valence-electron chi connectivity index (χ0n) is 27.4. The Labute approximate surface area is 310 Å².